The van der Waals surface area contributed by atoms with Crippen LogP contribution in [0.1, 0.15) is 10.4 Å². The fraction of sp³-hybridized carbons (Fsp3) is 0.125. The van der Waals surface area contributed by atoms with Gasteiger partial charge in [-0.1, -0.05) is 11.6 Å². The van der Waals surface area contributed by atoms with E-state index in [-0.39, 0.29) is 23.1 Å². The molecule has 1 amide bonds. The maximum Gasteiger partial charge on any atom is 0.260 e. The number of hydrogen-bond donors (Lipinski definition) is 1. The summed E-state index contributed by atoms with van der Waals surface area (Å²) in [5.74, 6) is -0.955. The highest BCUT2D eigenvalue weighted by Crippen LogP contribution is 2.28. The summed E-state index contributed by atoms with van der Waals surface area (Å²) in [5, 5.41) is 2.57. The van der Waals surface area contributed by atoms with E-state index in [1.807, 2.05) is 0 Å². The van der Waals surface area contributed by atoms with Crippen LogP contribution in [0.25, 0.3) is 0 Å². The average Bonchev–Trinajstić information content (AvgIpc) is 2.02. The van der Waals surface area contributed by atoms with Gasteiger partial charge in [0, 0.05) is 5.02 Å². The average molecular weight is 202 g/mol. The number of carbonyl (C=O) groups is 1. The third-order valence-corrected chi connectivity index (χ3v) is 1.92. The number of carbonyl (C=O) groups excluding carboxylic acids is 1. The minimum Gasteiger partial charge on any atom is -0.472 e. The molecule has 1 heterocycles. The highest BCUT2D eigenvalue weighted by atomic mass is 35.5. The van der Waals surface area contributed by atoms with Crippen LogP contribution in [-0.4, -0.2) is 12.6 Å². The Hall–Kier alpha value is -1.29. The molecule has 3 nitrogen and oxygen atoms in total. The normalized spacial score (nSPS) is 14.5. The summed E-state index contributed by atoms with van der Waals surface area (Å²) in [6.45, 7) is 0.0472. The monoisotopic (exact) mass is 201 g/mol. The van der Waals surface area contributed by atoms with Crippen LogP contribution < -0.4 is 10.1 Å². The van der Waals surface area contributed by atoms with E-state index < -0.39 is 11.7 Å². The molecule has 0 bridgehead atoms. The summed E-state index contributed by atoms with van der Waals surface area (Å²) in [6.07, 6.45) is 0. The Balaban J connectivity index is 2.63. The van der Waals surface area contributed by atoms with E-state index in [1.54, 1.807) is 0 Å². The standard InChI is InChI=1S/C8H5ClFNO2/c9-4-1-5(10)7-6(2-4)13-3-11-8(7)12/h1-2H,3H2,(H,11,12). The first kappa shape index (κ1) is 8.31. The van der Waals surface area contributed by atoms with Crippen molar-refractivity contribution in [1.82, 2.24) is 5.32 Å². The molecule has 13 heavy (non-hydrogen) atoms. The van der Waals surface area contributed by atoms with Crippen LogP contribution in [0.3, 0.4) is 0 Å². The third-order valence-electron chi connectivity index (χ3n) is 1.71. The Bertz CT molecular complexity index is 381. The molecule has 5 heteroatoms. The summed E-state index contributed by atoms with van der Waals surface area (Å²) in [6, 6.07) is 2.49. The molecule has 0 atom stereocenters. The predicted octanol–water partition coefficient (Wildman–Crippen LogP) is 1.56. The highest BCUT2D eigenvalue weighted by molar-refractivity contribution is 6.30. The summed E-state index contributed by atoms with van der Waals surface area (Å²) in [5.41, 5.74) is -0.0874. The number of rotatable bonds is 0. The molecule has 68 valence electrons. The van der Waals surface area contributed by atoms with Crippen molar-refractivity contribution in [1.29, 1.82) is 0 Å². The van der Waals surface area contributed by atoms with Gasteiger partial charge in [0.2, 0.25) is 0 Å². The van der Waals surface area contributed by atoms with Gasteiger partial charge in [-0.05, 0) is 12.1 Å². The molecule has 0 aromatic heterocycles. The molecule has 0 saturated carbocycles. The van der Waals surface area contributed by atoms with Crippen molar-refractivity contribution in [2.45, 2.75) is 0 Å². The smallest absolute Gasteiger partial charge is 0.260 e. The molecule has 0 unspecified atom stereocenters. The lowest BCUT2D eigenvalue weighted by molar-refractivity contribution is 0.0877. The number of amides is 1. The van der Waals surface area contributed by atoms with Gasteiger partial charge in [-0.3, -0.25) is 4.79 Å². The number of hydrogen-bond acceptors (Lipinski definition) is 2. The van der Waals surface area contributed by atoms with Gasteiger partial charge < -0.3 is 10.1 Å². The molecule has 0 spiro atoms. The van der Waals surface area contributed by atoms with Gasteiger partial charge in [0.05, 0.1) is 0 Å². The van der Waals surface area contributed by atoms with Crippen molar-refractivity contribution < 1.29 is 13.9 Å². The van der Waals surface area contributed by atoms with Crippen molar-refractivity contribution in [2.24, 2.45) is 0 Å². The Morgan fingerprint density at radius 2 is 2.31 bits per heavy atom. The van der Waals surface area contributed by atoms with E-state index in [0.717, 1.165) is 6.07 Å². The molecule has 1 N–H and O–H groups in total. The summed E-state index contributed by atoms with van der Waals surface area (Å²) in [7, 11) is 0. The zero-order valence-electron chi connectivity index (χ0n) is 6.43. The van der Waals surface area contributed by atoms with Crippen LogP contribution in [0.15, 0.2) is 12.1 Å². The Labute approximate surface area is 78.4 Å². The lowest BCUT2D eigenvalue weighted by Crippen LogP contribution is -2.33. The van der Waals surface area contributed by atoms with E-state index in [1.165, 1.54) is 6.07 Å². The Kier molecular flexibility index (Phi) is 1.84. The van der Waals surface area contributed by atoms with E-state index in [0.29, 0.717) is 0 Å². The maximum absolute atomic E-state index is 13.2. The Morgan fingerprint density at radius 3 is 3.08 bits per heavy atom. The van der Waals surface area contributed by atoms with Crippen molar-refractivity contribution in [3.05, 3.63) is 28.5 Å². The predicted molar refractivity (Wildman–Crippen MR) is 44.4 cm³/mol. The fourth-order valence-electron chi connectivity index (χ4n) is 1.15. The van der Waals surface area contributed by atoms with E-state index >= 15 is 0 Å². The van der Waals surface area contributed by atoms with Crippen molar-refractivity contribution in [3.63, 3.8) is 0 Å². The van der Waals surface area contributed by atoms with Crippen LogP contribution in [0.4, 0.5) is 4.39 Å². The molecule has 1 aromatic rings. The number of benzene rings is 1. The molecule has 0 fully saturated rings. The second-order valence-corrected chi connectivity index (χ2v) is 2.99. The quantitative estimate of drug-likeness (QED) is 0.692. The SMILES string of the molecule is O=C1NCOc2cc(Cl)cc(F)c21. The van der Waals surface area contributed by atoms with Crippen LogP contribution in [0.2, 0.25) is 5.02 Å². The molecule has 0 saturated heterocycles. The van der Waals surface area contributed by atoms with E-state index in [4.69, 9.17) is 16.3 Å². The number of fused-ring (bicyclic) bond motifs is 1. The number of nitrogens with one attached hydrogen (secondary N) is 1. The minimum absolute atomic E-state index is 0.0472. The van der Waals surface area contributed by atoms with Crippen LogP contribution in [-0.2, 0) is 0 Å². The first-order valence-electron chi connectivity index (χ1n) is 3.58. The lowest BCUT2D eigenvalue weighted by Gasteiger charge is -2.17. The molecule has 1 aliphatic rings. The Morgan fingerprint density at radius 1 is 1.54 bits per heavy atom. The van der Waals surface area contributed by atoms with Crippen LogP contribution in [0.5, 0.6) is 5.75 Å². The molecular weight excluding hydrogens is 197 g/mol. The van der Waals surface area contributed by atoms with Crippen molar-refractivity contribution in [3.8, 4) is 5.75 Å². The summed E-state index contributed by atoms with van der Waals surface area (Å²) in [4.78, 5) is 11.1. The minimum atomic E-state index is -0.667. The van der Waals surface area contributed by atoms with Crippen LogP contribution in [0, 0.1) is 5.82 Å². The van der Waals surface area contributed by atoms with Gasteiger partial charge in [0.1, 0.15) is 17.1 Å². The number of halogens is 2. The van der Waals surface area contributed by atoms with Crippen molar-refractivity contribution >= 4 is 17.5 Å². The topological polar surface area (TPSA) is 38.3 Å². The molecule has 0 radical (unpaired) electrons. The molecule has 1 aliphatic heterocycles. The fourth-order valence-corrected chi connectivity index (χ4v) is 1.35. The summed E-state index contributed by atoms with van der Waals surface area (Å²) >= 11 is 5.58. The van der Waals surface area contributed by atoms with Gasteiger partial charge in [-0.15, -0.1) is 0 Å². The van der Waals surface area contributed by atoms with Gasteiger partial charge >= 0.3 is 0 Å². The molecule has 1 aromatic carbocycles. The zero-order chi connectivity index (χ0) is 9.42. The number of ether oxygens (including phenoxy) is 1. The molecule has 0 aliphatic carbocycles. The third kappa shape index (κ3) is 1.33. The van der Waals surface area contributed by atoms with Crippen LogP contribution >= 0.6 is 11.6 Å². The summed E-state index contributed by atoms with van der Waals surface area (Å²) < 4.78 is 18.2. The zero-order valence-corrected chi connectivity index (χ0v) is 7.19. The van der Waals surface area contributed by atoms with Gasteiger partial charge in [0.25, 0.3) is 5.91 Å². The second-order valence-electron chi connectivity index (χ2n) is 2.56. The van der Waals surface area contributed by atoms with Gasteiger partial charge in [0.15, 0.2) is 6.73 Å². The highest BCUT2D eigenvalue weighted by Gasteiger charge is 2.22. The lowest BCUT2D eigenvalue weighted by atomic mass is 10.1. The molecule has 2 rings (SSSR count). The molecular formula is C8H5ClFNO2. The first-order chi connectivity index (χ1) is 6.18. The maximum atomic E-state index is 13.2. The van der Waals surface area contributed by atoms with Gasteiger partial charge in [-0.25, -0.2) is 4.39 Å². The van der Waals surface area contributed by atoms with E-state index in [2.05, 4.69) is 5.32 Å². The first-order valence-corrected chi connectivity index (χ1v) is 3.96. The van der Waals surface area contributed by atoms with Gasteiger partial charge in [-0.2, -0.15) is 0 Å². The largest absolute Gasteiger partial charge is 0.472 e. The van der Waals surface area contributed by atoms with Crippen molar-refractivity contribution in [2.75, 3.05) is 6.73 Å². The van der Waals surface area contributed by atoms with E-state index in [9.17, 15) is 9.18 Å². The second kappa shape index (κ2) is 2.88.